The van der Waals surface area contributed by atoms with Gasteiger partial charge in [-0.25, -0.2) is 0 Å². The first-order valence-electron chi connectivity index (χ1n) is 4.89. The number of fused-ring (bicyclic) bond motifs is 1. The lowest BCUT2D eigenvalue weighted by Gasteiger charge is -2.14. The molecule has 0 radical (unpaired) electrons. The first-order chi connectivity index (χ1) is 6.36. The molecule has 1 fully saturated rings. The maximum Gasteiger partial charge on any atom is 0.267 e. The molecule has 1 aliphatic heterocycles. The Morgan fingerprint density at radius 1 is 1.38 bits per heavy atom. The number of rotatable bonds is 1. The molecule has 4 heteroatoms. The minimum Gasteiger partial charge on any atom is -0.311 e. The van der Waals surface area contributed by atoms with E-state index < -0.39 is 0 Å². The molecule has 1 saturated carbocycles. The monoisotopic (exact) mass is 179 g/mol. The topological polar surface area (TPSA) is 49.8 Å². The van der Waals surface area contributed by atoms with Crippen molar-refractivity contribution in [2.24, 2.45) is 0 Å². The highest BCUT2D eigenvalue weighted by Crippen LogP contribution is 2.35. The van der Waals surface area contributed by atoms with Gasteiger partial charge in [-0.3, -0.25) is 14.6 Å². The molecule has 70 valence electrons. The van der Waals surface area contributed by atoms with Crippen molar-refractivity contribution in [2.75, 3.05) is 6.54 Å². The van der Waals surface area contributed by atoms with Gasteiger partial charge in [0.1, 0.15) is 0 Å². The predicted molar refractivity (Wildman–Crippen MR) is 48.7 cm³/mol. The predicted octanol–water partition coefficient (Wildman–Crippen LogP) is 0.157. The van der Waals surface area contributed by atoms with Crippen LogP contribution in [0, 0.1) is 0 Å². The highest BCUT2D eigenvalue weighted by molar-refractivity contribution is 5.22. The van der Waals surface area contributed by atoms with Crippen LogP contribution in [0.2, 0.25) is 0 Å². The lowest BCUT2D eigenvalue weighted by Crippen LogP contribution is -2.26. The summed E-state index contributed by atoms with van der Waals surface area (Å²) in [4.78, 5) is 11.5. The van der Waals surface area contributed by atoms with Gasteiger partial charge in [-0.15, -0.1) is 0 Å². The zero-order chi connectivity index (χ0) is 8.84. The SMILES string of the molecule is O=c1[nH]n(C2CC2)c2c1CCNC2. The number of aromatic nitrogens is 2. The second-order valence-corrected chi connectivity index (χ2v) is 3.89. The molecule has 0 aromatic carbocycles. The van der Waals surface area contributed by atoms with Gasteiger partial charge in [-0.1, -0.05) is 0 Å². The van der Waals surface area contributed by atoms with E-state index in [1.54, 1.807) is 0 Å². The lowest BCUT2D eigenvalue weighted by molar-refractivity contribution is 0.550. The summed E-state index contributed by atoms with van der Waals surface area (Å²) < 4.78 is 2.07. The van der Waals surface area contributed by atoms with Crippen LogP contribution in [0.4, 0.5) is 0 Å². The second-order valence-electron chi connectivity index (χ2n) is 3.89. The molecular weight excluding hydrogens is 166 g/mol. The molecule has 2 N–H and O–H groups in total. The number of aromatic amines is 1. The Labute approximate surface area is 75.9 Å². The van der Waals surface area contributed by atoms with E-state index in [4.69, 9.17) is 0 Å². The van der Waals surface area contributed by atoms with Crippen LogP contribution in [0.3, 0.4) is 0 Å². The Kier molecular flexibility index (Phi) is 1.41. The third-order valence-electron chi connectivity index (χ3n) is 2.89. The van der Waals surface area contributed by atoms with Gasteiger partial charge >= 0.3 is 0 Å². The van der Waals surface area contributed by atoms with Crippen molar-refractivity contribution in [3.8, 4) is 0 Å². The van der Waals surface area contributed by atoms with Crippen LogP contribution >= 0.6 is 0 Å². The van der Waals surface area contributed by atoms with Crippen LogP contribution in [0.1, 0.15) is 30.1 Å². The third kappa shape index (κ3) is 1.05. The van der Waals surface area contributed by atoms with Gasteiger partial charge in [-0.2, -0.15) is 0 Å². The van der Waals surface area contributed by atoms with Gasteiger partial charge in [0.25, 0.3) is 5.56 Å². The summed E-state index contributed by atoms with van der Waals surface area (Å²) in [6.07, 6.45) is 3.32. The fourth-order valence-electron chi connectivity index (χ4n) is 2.04. The third-order valence-corrected chi connectivity index (χ3v) is 2.89. The van der Waals surface area contributed by atoms with Crippen molar-refractivity contribution in [3.05, 3.63) is 21.6 Å². The summed E-state index contributed by atoms with van der Waals surface area (Å²) in [5.74, 6) is 0. The van der Waals surface area contributed by atoms with Crippen LogP contribution in [0.15, 0.2) is 4.79 Å². The molecule has 13 heavy (non-hydrogen) atoms. The van der Waals surface area contributed by atoms with Gasteiger partial charge < -0.3 is 5.32 Å². The molecule has 0 bridgehead atoms. The molecule has 1 aliphatic carbocycles. The molecular formula is C9H13N3O. The minimum atomic E-state index is 0.128. The molecule has 0 saturated heterocycles. The van der Waals surface area contributed by atoms with E-state index in [1.807, 2.05) is 0 Å². The quantitative estimate of drug-likeness (QED) is 0.645. The molecule has 1 aromatic heterocycles. The molecule has 1 aromatic rings. The van der Waals surface area contributed by atoms with E-state index in [0.29, 0.717) is 6.04 Å². The second kappa shape index (κ2) is 2.48. The minimum absolute atomic E-state index is 0.128. The zero-order valence-electron chi connectivity index (χ0n) is 7.47. The Bertz CT molecular complexity index is 386. The van der Waals surface area contributed by atoms with E-state index in [9.17, 15) is 4.79 Å². The van der Waals surface area contributed by atoms with Gasteiger partial charge in [-0.05, 0) is 25.8 Å². The van der Waals surface area contributed by atoms with Crippen LogP contribution < -0.4 is 10.9 Å². The van der Waals surface area contributed by atoms with Crippen LogP contribution in [-0.2, 0) is 13.0 Å². The fraction of sp³-hybridized carbons (Fsp3) is 0.667. The van der Waals surface area contributed by atoms with Crippen molar-refractivity contribution in [3.63, 3.8) is 0 Å². The zero-order valence-corrected chi connectivity index (χ0v) is 7.47. The van der Waals surface area contributed by atoms with E-state index >= 15 is 0 Å². The fourth-order valence-corrected chi connectivity index (χ4v) is 2.04. The number of nitrogens with zero attached hydrogens (tertiary/aromatic N) is 1. The Morgan fingerprint density at radius 2 is 2.23 bits per heavy atom. The number of hydrogen-bond acceptors (Lipinski definition) is 2. The largest absolute Gasteiger partial charge is 0.311 e. The maximum atomic E-state index is 11.5. The summed E-state index contributed by atoms with van der Waals surface area (Å²) in [6.45, 7) is 1.79. The van der Waals surface area contributed by atoms with E-state index in [2.05, 4.69) is 15.1 Å². The lowest BCUT2D eigenvalue weighted by atomic mass is 10.1. The smallest absolute Gasteiger partial charge is 0.267 e. The molecule has 0 spiro atoms. The van der Waals surface area contributed by atoms with E-state index in [-0.39, 0.29) is 5.56 Å². The maximum absolute atomic E-state index is 11.5. The first kappa shape index (κ1) is 7.38. The normalized spacial score (nSPS) is 21.5. The van der Waals surface area contributed by atoms with E-state index in [1.165, 1.54) is 18.5 Å². The highest BCUT2D eigenvalue weighted by Gasteiger charge is 2.29. The summed E-state index contributed by atoms with van der Waals surface area (Å²) in [7, 11) is 0. The molecule has 3 rings (SSSR count). The Hall–Kier alpha value is -1.03. The summed E-state index contributed by atoms with van der Waals surface area (Å²) in [6, 6.07) is 0.580. The highest BCUT2D eigenvalue weighted by atomic mass is 16.1. The van der Waals surface area contributed by atoms with Crippen LogP contribution in [0.25, 0.3) is 0 Å². The number of hydrogen-bond donors (Lipinski definition) is 2. The van der Waals surface area contributed by atoms with Gasteiger partial charge in [0, 0.05) is 12.1 Å². The molecule has 0 unspecified atom stereocenters. The van der Waals surface area contributed by atoms with E-state index in [0.717, 1.165) is 25.1 Å². The van der Waals surface area contributed by atoms with Crippen molar-refractivity contribution in [1.29, 1.82) is 0 Å². The standard InChI is InChI=1S/C9H13N3O/c13-9-7-3-4-10-5-8(7)12(11-9)6-1-2-6/h6,10H,1-5H2,(H,11,13). The summed E-state index contributed by atoms with van der Waals surface area (Å²) in [5, 5.41) is 6.24. The van der Waals surface area contributed by atoms with Crippen molar-refractivity contribution < 1.29 is 0 Å². The van der Waals surface area contributed by atoms with Crippen LogP contribution in [-0.4, -0.2) is 16.3 Å². The molecule has 2 heterocycles. The molecule has 0 amide bonds. The average Bonchev–Trinajstić information content (AvgIpc) is 2.94. The molecule has 0 atom stereocenters. The van der Waals surface area contributed by atoms with Crippen molar-refractivity contribution in [2.45, 2.75) is 31.8 Å². The van der Waals surface area contributed by atoms with Crippen molar-refractivity contribution in [1.82, 2.24) is 15.1 Å². The first-order valence-corrected chi connectivity index (χ1v) is 4.89. The molecule has 4 nitrogen and oxygen atoms in total. The van der Waals surface area contributed by atoms with Crippen molar-refractivity contribution >= 4 is 0 Å². The molecule has 2 aliphatic rings. The summed E-state index contributed by atoms with van der Waals surface area (Å²) >= 11 is 0. The number of H-pyrrole nitrogens is 1. The van der Waals surface area contributed by atoms with Gasteiger partial charge in [0.2, 0.25) is 0 Å². The Morgan fingerprint density at radius 3 is 3.00 bits per heavy atom. The van der Waals surface area contributed by atoms with Gasteiger partial charge in [0.05, 0.1) is 11.7 Å². The Balaban J connectivity index is 2.14. The summed E-state index contributed by atoms with van der Waals surface area (Å²) in [5.41, 5.74) is 2.33. The van der Waals surface area contributed by atoms with Crippen LogP contribution in [0.5, 0.6) is 0 Å². The van der Waals surface area contributed by atoms with Gasteiger partial charge in [0.15, 0.2) is 0 Å². The average molecular weight is 179 g/mol. The number of nitrogens with one attached hydrogen (secondary N) is 2.